The molecule has 4 rings (SSSR count). The molecule has 0 atom stereocenters. The Labute approximate surface area is 181 Å². The first-order chi connectivity index (χ1) is 14.9. The topological polar surface area (TPSA) is 121 Å². The Morgan fingerprint density at radius 3 is 2.71 bits per heavy atom. The zero-order chi connectivity index (χ0) is 22.0. The van der Waals surface area contributed by atoms with Crippen molar-refractivity contribution in [1.82, 2.24) is 14.8 Å². The number of aromatic nitrogens is 3. The number of hydrogen-bond donors (Lipinski definition) is 3. The highest BCUT2D eigenvalue weighted by molar-refractivity contribution is 6.34. The minimum Gasteiger partial charge on any atom is -0.453 e. The number of benzene rings is 2. The summed E-state index contributed by atoms with van der Waals surface area (Å²) in [6.45, 7) is 0. The average Bonchev–Trinajstić information content (AvgIpc) is 3.24. The maximum atomic E-state index is 14.5. The molecule has 0 saturated carbocycles. The van der Waals surface area contributed by atoms with Gasteiger partial charge in [0, 0.05) is 30.2 Å². The van der Waals surface area contributed by atoms with E-state index in [9.17, 15) is 9.18 Å². The number of carbonyl (C=O) groups is 1. The number of rotatable bonds is 5. The average molecular weight is 439 g/mol. The Morgan fingerprint density at radius 1 is 1.13 bits per heavy atom. The van der Waals surface area contributed by atoms with Crippen LogP contribution in [0.4, 0.5) is 21.6 Å². The molecule has 0 saturated heterocycles. The van der Waals surface area contributed by atoms with E-state index in [0.717, 1.165) is 6.07 Å². The van der Waals surface area contributed by atoms with Crippen molar-refractivity contribution in [3.05, 3.63) is 83.5 Å². The molecule has 0 radical (unpaired) electrons. The minimum absolute atomic E-state index is 0.0706. The summed E-state index contributed by atoms with van der Waals surface area (Å²) >= 11 is 6.01. The molecule has 156 valence electrons. The number of carbonyl (C=O) groups excluding carboxylic acids is 1. The van der Waals surface area contributed by atoms with Gasteiger partial charge in [-0.3, -0.25) is 4.79 Å². The predicted octanol–water partition coefficient (Wildman–Crippen LogP) is 4.27. The number of nitrogens with two attached hydrogens (primary N) is 2. The Balaban J connectivity index is 1.49. The highest BCUT2D eigenvalue weighted by Gasteiger charge is 2.14. The summed E-state index contributed by atoms with van der Waals surface area (Å²) in [5, 5.41) is 6.85. The van der Waals surface area contributed by atoms with E-state index in [4.69, 9.17) is 27.8 Å². The standard InChI is InChI=1S/C21H16ClFN6O2/c22-19-18(7-8-26-20(19)25)31-17-6-5-13(9-14(17)23)28-21(30)12-10-27-29(11-12)16-4-2-1-3-15(16)24/h1-11H,24H2,(H2,25,26)(H,28,30). The van der Waals surface area contributed by atoms with Gasteiger partial charge in [0.2, 0.25) is 0 Å². The van der Waals surface area contributed by atoms with Gasteiger partial charge in [-0.1, -0.05) is 23.7 Å². The number of para-hydroxylation sites is 2. The van der Waals surface area contributed by atoms with E-state index in [1.165, 1.54) is 41.5 Å². The maximum absolute atomic E-state index is 14.5. The van der Waals surface area contributed by atoms with Crippen LogP contribution >= 0.6 is 11.6 Å². The van der Waals surface area contributed by atoms with Crippen molar-refractivity contribution in [2.24, 2.45) is 0 Å². The lowest BCUT2D eigenvalue weighted by Crippen LogP contribution is -2.11. The van der Waals surface area contributed by atoms with Gasteiger partial charge in [0.05, 0.1) is 23.1 Å². The van der Waals surface area contributed by atoms with Crippen molar-refractivity contribution in [2.75, 3.05) is 16.8 Å². The van der Waals surface area contributed by atoms with E-state index in [1.807, 2.05) is 6.07 Å². The number of pyridine rings is 1. The second-order valence-corrected chi connectivity index (χ2v) is 6.82. The number of nitrogens with one attached hydrogen (secondary N) is 1. The molecule has 8 nitrogen and oxygen atoms in total. The molecule has 2 aromatic heterocycles. The van der Waals surface area contributed by atoms with E-state index < -0.39 is 11.7 Å². The van der Waals surface area contributed by atoms with Crippen LogP contribution in [-0.2, 0) is 0 Å². The molecular formula is C21H16ClFN6O2. The summed E-state index contributed by atoms with van der Waals surface area (Å²) in [7, 11) is 0. The lowest BCUT2D eigenvalue weighted by Gasteiger charge is -2.10. The molecule has 0 aliphatic rings. The summed E-state index contributed by atoms with van der Waals surface area (Å²) < 4.78 is 21.5. The van der Waals surface area contributed by atoms with Crippen LogP contribution in [0.15, 0.2) is 67.1 Å². The molecule has 0 aliphatic carbocycles. The van der Waals surface area contributed by atoms with Crippen molar-refractivity contribution in [3.63, 3.8) is 0 Å². The summed E-state index contributed by atoms with van der Waals surface area (Å²) in [6.07, 6.45) is 4.32. The Kier molecular flexibility index (Phi) is 5.42. The summed E-state index contributed by atoms with van der Waals surface area (Å²) in [6, 6.07) is 12.6. The number of nitrogens with zero attached hydrogens (tertiary/aromatic N) is 3. The Hall–Kier alpha value is -4.11. The van der Waals surface area contributed by atoms with Crippen LogP contribution in [0, 0.1) is 5.82 Å². The van der Waals surface area contributed by atoms with E-state index >= 15 is 0 Å². The number of nitrogen functional groups attached to an aromatic ring is 2. The van der Waals surface area contributed by atoms with Crippen LogP contribution in [0.25, 0.3) is 5.69 Å². The van der Waals surface area contributed by atoms with Gasteiger partial charge < -0.3 is 21.5 Å². The summed E-state index contributed by atoms with van der Waals surface area (Å²) in [5.74, 6) is -1.01. The lowest BCUT2D eigenvalue weighted by atomic mass is 10.2. The van der Waals surface area contributed by atoms with Gasteiger partial charge >= 0.3 is 0 Å². The second kappa shape index (κ2) is 8.33. The largest absolute Gasteiger partial charge is 0.453 e. The molecule has 4 aromatic rings. The van der Waals surface area contributed by atoms with Gasteiger partial charge in [0.15, 0.2) is 17.3 Å². The molecule has 0 spiro atoms. The number of ether oxygens (including phenoxy) is 1. The third kappa shape index (κ3) is 4.26. The third-order valence-electron chi connectivity index (χ3n) is 4.32. The first-order valence-corrected chi connectivity index (χ1v) is 9.38. The van der Waals surface area contributed by atoms with E-state index in [-0.39, 0.29) is 33.6 Å². The van der Waals surface area contributed by atoms with Gasteiger partial charge in [-0.05, 0) is 24.3 Å². The molecule has 1 amide bonds. The molecule has 2 aromatic carbocycles. The first kappa shape index (κ1) is 20.2. The van der Waals surface area contributed by atoms with Crippen molar-refractivity contribution >= 4 is 34.7 Å². The van der Waals surface area contributed by atoms with Crippen LogP contribution in [-0.4, -0.2) is 20.7 Å². The smallest absolute Gasteiger partial charge is 0.258 e. The quantitative estimate of drug-likeness (QED) is 0.400. The molecule has 0 fully saturated rings. The monoisotopic (exact) mass is 438 g/mol. The lowest BCUT2D eigenvalue weighted by molar-refractivity contribution is 0.102. The van der Waals surface area contributed by atoms with Crippen LogP contribution in [0.5, 0.6) is 11.5 Å². The van der Waals surface area contributed by atoms with Gasteiger partial charge in [-0.15, -0.1) is 0 Å². The van der Waals surface area contributed by atoms with E-state index in [0.29, 0.717) is 11.4 Å². The highest BCUT2D eigenvalue weighted by atomic mass is 35.5. The number of hydrogen-bond acceptors (Lipinski definition) is 6. The number of amides is 1. The highest BCUT2D eigenvalue weighted by Crippen LogP contribution is 2.34. The molecule has 5 N–H and O–H groups in total. The van der Waals surface area contributed by atoms with Crippen molar-refractivity contribution in [3.8, 4) is 17.2 Å². The second-order valence-electron chi connectivity index (χ2n) is 6.44. The van der Waals surface area contributed by atoms with Gasteiger partial charge in [-0.2, -0.15) is 5.10 Å². The van der Waals surface area contributed by atoms with E-state index in [2.05, 4.69) is 15.4 Å². The fraction of sp³-hybridized carbons (Fsp3) is 0. The van der Waals surface area contributed by atoms with Crippen LogP contribution in [0.1, 0.15) is 10.4 Å². The minimum atomic E-state index is -0.697. The molecule has 2 heterocycles. The van der Waals surface area contributed by atoms with Crippen molar-refractivity contribution in [2.45, 2.75) is 0 Å². The third-order valence-corrected chi connectivity index (χ3v) is 4.70. The van der Waals surface area contributed by atoms with Gasteiger partial charge in [0.1, 0.15) is 10.8 Å². The van der Waals surface area contributed by atoms with Gasteiger partial charge in [0.25, 0.3) is 5.91 Å². The van der Waals surface area contributed by atoms with Crippen LogP contribution < -0.4 is 21.5 Å². The Morgan fingerprint density at radius 2 is 1.94 bits per heavy atom. The molecule has 0 unspecified atom stereocenters. The molecule has 31 heavy (non-hydrogen) atoms. The first-order valence-electron chi connectivity index (χ1n) is 9.00. The molecule has 10 heteroatoms. The molecule has 0 bridgehead atoms. The molecular weight excluding hydrogens is 423 g/mol. The fourth-order valence-corrected chi connectivity index (χ4v) is 2.92. The normalized spacial score (nSPS) is 10.6. The Bertz CT molecular complexity index is 1280. The maximum Gasteiger partial charge on any atom is 0.258 e. The van der Waals surface area contributed by atoms with Crippen molar-refractivity contribution < 1.29 is 13.9 Å². The SMILES string of the molecule is Nc1ccccc1-n1cc(C(=O)Nc2ccc(Oc3ccnc(N)c3Cl)c(F)c2)cn1. The summed E-state index contributed by atoms with van der Waals surface area (Å²) in [5.41, 5.74) is 13.2. The zero-order valence-electron chi connectivity index (χ0n) is 15.9. The van der Waals surface area contributed by atoms with Gasteiger partial charge in [-0.25, -0.2) is 14.1 Å². The fourth-order valence-electron chi connectivity index (χ4n) is 2.77. The zero-order valence-corrected chi connectivity index (χ0v) is 16.7. The number of anilines is 3. The predicted molar refractivity (Wildman–Crippen MR) is 116 cm³/mol. The van der Waals surface area contributed by atoms with Crippen molar-refractivity contribution in [1.29, 1.82) is 0 Å². The van der Waals surface area contributed by atoms with Crippen LogP contribution in [0.3, 0.4) is 0 Å². The van der Waals surface area contributed by atoms with Crippen LogP contribution in [0.2, 0.25) is 5.02 Å². The van der Waals surface area contributed by atoms with E-state index in [1.54, 1.807) is 18.2 Å². The molecule has 0 aliphatic heterocycles. The number of halogens is 2. The summed E-state index contributed by atoms with van der Waals surface area (Å²) in [4.78, 5) is 16.3.